The van der Waals surface area contributed by atoms with Crippen molar-refractivity contribution in [3.8, 4) is 0 Å². The van der Waals surface area contributed by atoms with Crippen LogP contribution in [0.3, 0.4) is 0 Å². The van der Waals surface area contributed by atoms with Gasteiger partial charge in [-0.25, -0.2) is 0 Å². The van der Waals surface area contributed by atoms with Crippen molar-refractivity contribution in [2.75, 3.05) is 0 Å². The molecule has 0 aliphatic heterocycles. The van der Waals surface area contributed by atoms with E-state index in [-0.39, 0.29) is 0 Å². The van der Waals surface area contributed by atoms with Crippen LogP contribution in [-0.4, -0.2) is 16.5 Å². The topological polar surface area (TPSA) is 45.8 Å². The third kappa shape index (κ3) is 1.75. The number of nitrogens with zero attached hydrogens (tertiary/aromatic N) is 1. The monoisotopic (exact) mass is 256 g/mol. The lowest BCUT2D eigenvalue weighted by Gasteiger charge is -2.20. The Labute approximate surface area is 91.4 Å². The van der Waals surface area contributed by atoms with Crippen LogP contribution in [-0.2, 0) is 0 Å². The molecule has 76 valence electrons. The molecular weight excluding hydrogens is 244 g/mol. The second-order valence-corrected chi connectivity index (χ2v) is 4.58. The van der Waals surface area contributed by atoms with Gasteiger partial charge in [-0.05, 0) is 28.8 Å². The van der Waals surface area contributed by atoms with Crippen molar-refractivity contribution in [3.63, 3.8) is 0 Å². The van der Waals surface area contributed by atoms with E-state index in [4.69, 9.17) is 0 Å². The van der Waals surface area contributed by atoms with E-state index in [1.54, 1.807) is 0 Å². The molecule has 0 atom stereocenters. The van der Waals surface area contributed by atoms with Gasteiger partial charge >= 0.3 is 0 Å². The molecule has 3 nitrogen and oxygen atoms in total. The van der Waals surface area contributed by atoms with Crippen molar-refractivity contribution in [3.05, 3.63) is 15.9 Å². The van der Waals surface area contributed by atoms with E-state index >= 15 is 0 Å². The largest absolute Gasteiger partial charge is 0.296 e. The molecule has 0 radical (unpaired) electrons. The third-order valence-electron chi connectivity index (χ3n) is 2.88. The lowest BCUT2D eigenvalue weighted by atomic mass is 9.87. The van der Waals surface area contributed by atoms with Gasteiger partial charge in [0, 0.05) is 5.92 Å². The van der Waals surface area contributed by atoms with Crippen LogP contribution in [0.2, 0.25) is 0 Å². The van der Waals surface area contributed by atoms with E-state index in [2.05, 4.69) is 26.1 Å². The molecule has 14 heavy (non-hydrogen) atoms. The van der Waals surface area contributed by atoms with Gasteiger partial charge in [0.15, 0.2) is 6.29 Å². The van der Waals surface area contributed by atoms with Gasteiger partial charge in [-0.3, -0.25) is 9.89 Å². The molecule has 1 aromatic heterocycles. The summed E-state index contributed by atoms with van der Waals surface area (Å²) in [5, 5.41) is 6.94. The highest BCUT2D eigenvalue weighted by Gasteiger charge is 2.21. The normalized spacial score (nSPS) is 18.4. The van der Waals surface area contributed by atoms with E-state index in [0.717, 1.165) is 16.5 Å². The number of halogens is 1. The summed E-state index contributed by atoms with van der Waals surface area (Å²) in [6.45, 7) is 0. The molecule has 1 heterocycles. The first-order valence-corrected chi connectivity index (χ1v) is 5.81. The molecule has 0 aromatic carbocycles. The van der Waals surface area contributed by atoms with Gasteiger partial charge < -0.3 is 0 Å². The van der Waals surface area contributed by atoms with Crippen LogP contribution in [0.25, 0.3) is 0 Å². The molecule has 4 heteroatoms. The fourth-order valence-electron chi connectivity index (χ4n) is 2.10. The number of nitrogens with one attached hydrogen (secondary N) is 1. The number of aromatic amines is 1. The zero-order valence-corrected chi connectivity index (χ0v) is 9.51. The van der Waals surface area contributed by atoms with Crippen LogP contribution < -0.4 is 0 Å². The SMILES string of the molecule is O=Cc1n[nH]c(C2CCCCC2)c1Br. The van der Waals surface area contributed by atoms with Gasteiger partial charge in [0.05, 0.1) is 10.2 Å². The molecule has 0 spiro atoms. The van der Waals surface area contributed by atoms with E-state index in [1.807, 2.05) is 0 Å². The fraction of sp³-hybridized carbons (Fsp3) is 0.600. The Hall–Kier alpha value is -0.640. The summed E-state index contributed by atoms with van der Waals surface area (Å²) < 4.78 is 0.861. The van der Waals surface area contributed by atoms with Crippen molar-refractivity contribution >= 4 is 22.2 Å². The molecule has 1 fully saturated rings. The zero-order valence-electron chi connectivity index (χ0n) is 7.92. The lowest BCUT2D eigenvalue weighted by molar-refractivity contribution is 0.111. The van der Waals surface area contributed by atoms with Crippen LogP contribution in [0.15, 0.2) is 4.47 Å². The Kier molecular flexibility index (Phi) is 3.01. The minimum Gasteiger partial charge on any atom is -0.296 e. The van der Waals surface area contributed by atoms with Gasteiger partial charge in [-0.1, -0.05) is 19.3 Å². The van der Waals surface area contributed by atoms with Gasteiger partial charge in [-0.2, -0.15) is 5.10 Å². The van der Waals surface area contributed by atoms with Gasteiger partial charge in [0.1, 0.15) is 5.69 Å². The second kappa shape index (κ2) is 4.26. The van der Waals surface area contributed by atoms with Crippen LogP contribution >= 0.6 is 15.9 Å². The van der Waals surface area contributed by atoms with E-state index in [9.17, 15) is 4.79 Å². The number of aldehydes is 1. The number of carbonyl (C=O) groups is 1. The molecule has 1 aliphatic carbocycles. The van der Waals surface area contributed by atoms with E-state index < -0.39 is 0 Å². The summed E-state index contributed by atoms with van der Waals surface area (Å²) in [4.78, 5) is 10.6. The highest BCUT2D eigenvalue weighted by Crippen LogP contribution is 2.35. The van der Waals surface area contributed by atoms with Crippen molar-refractivity contribution < 1.29 is 4.79 Å². The molecular formula is C10H13BrN2O. The summed E-state index contributed by atoms with van der Waals surface area (Å²) in [6, 6.07) is 0. The van der Waals surface area contributed by atoms with Crippen molar-refractivity contribution in [2.24, 2.45) is 0 Å². The number of aromatic nitrogens is 2. The number of rotatable bonds is 2. The maximum Gasteiger partial charge on any atom is 0.171 e. The average Bonchev–Trinajstić information content (AvgIpc) is 2.61. The van der Waals surface area contributed by atoms with E-state index in [0.29, 0.717) is 11.6 Å². The Morgan fingerprint density at radius 2 is 2.07 bits per heavy atom. The maximum atomic E-state index is 10.6. The second-order valence-electron chi connectivity index (χ2n) is 3.79. The summed E-state index contributed by atoms with van der Waals surface area (Å²) in [5.41, 5.74) is 1.59. The minimum atomic E-state index is 0.491. The van der Waals surface area contributed by atoms with Crippen molar-refractivity contribution in [1.82, 2.24) is 10.2 Å². The van der Waals surface area contributed by atoms with Crippen molar-refractivity contribution in [2.45, 2.75) is 38.0 Å². The Bertz CT molecular complexity index is 329. The minimum absolute atomic E-state index is 0.491. The highest BCUT2D eigenvalue weighted by atomic mass is 79.9. The first-order valence-electron chi connectivity index (χ1n) is 5.02. The van der Waals surface area contributed by atoms with E-state index in [1.165, 1.54) is 32.1 Å². The van der Waals surface area contributed by atoms with Crippen LogP contribution in [0.4, 0.5) is 0 Å². The summed E-state index contributed by atoms with van der Waals surface area (Å²) in [6.07, 6.45) is 7.10. The Morgan fingerprint density at radius 3 is 2.64 bits per heavy atom. The fourth-order valence-corrected chi connectivity index (χ4v) is 2.69. The first-order chi connectivity index (χ1) is 6.83. The smallest absolute Gasteiger partial charge is 0.171 e. The third-order valence-corrected chi connectivity index (χ3v) is 3.72. The quantitative estimate of drug-likeness (QED) is 0.827. The molecule has 0 amide bonds. The zero-order chi connectivity index (χ0) is 9.97. The van der Waals surface area contributed by atoms with Crippen molar-refractivity contribution in [1.29, 1.82) is 0 Å². The standard InChI is InChI=1S/C10H13BrN2O/c11-9-8(6-14)12-13-10(9)7-4-2-1-3-5-7/h6-7H,1-5H2,(H,12,13). The summed E-state index contributed by atoms with van der Waals surface area (Å²) >= 11 is 3.42. The molecule has 1 aromatic rings. The predicted octanol–water partition coefficient (Wildman–Crippen LogP) is 3.03. The first kappa shape index (κ1) is 9.90. The molecule has 1 aliphatic rings. The predicted molar refractivity (Wildman–Crippen MR) is 57.5 cm³/mol. The number of carbonyl (C=O) groups excluding carboxylic acids is 1. The molecule has 0 unspecified atom stereocenters. The lowest BCUT2D eigenvalue weighted by Crippen LogP contribution is -2.05. The number of hydrogen-bond acceptors (Lipinski definition) is 2. The van der Waals surface area contributed by atoms with Gasteiger partial charge in [-0.15, -0.1) is 0 Å². The maximum absolute atomic E-state index is 10.6. The molecule has 1 N–H and O–H groups in total. The summed E-state index contributed by atoms with van der Waals surface area (Å²) in [7, 11) is 0. The van der Waals surface area contributed by atoms with Crippen LogP contribution in [0.5, 0.6) is 0 Å². The summed E-state index contributed by atoms with van der Waals surface area (Å²) in [5.74, 6) is 0.555. The van der Waals surface area contributed by atoms with Gasteiger partial charge in [0.25, 0.3) is 0 Å². The molecule has 0 saturated heterocycles. The average molecular weight is 257 g/mol. The molecule has 2 rings (SSSR count). The van der Waals surface area contributed by atoms with Crippen LogP contribution in [0.1, 0.15) is 54.2 Å². The Morgan fingerprint density at radius 1 is 1.36 bits per heavy atom. The molecule has 1 saturated carbocycles. The molecule has 0 bridgehead atoms. The van der Waals surface area contributed by atoms with Gasteiger partial charge in [0.2, 0.25) is 0 Å². The van der Waals surface area contributed by atoms with Crippen LogP contribution in [0, 0.1) is 0 Å². The number of hydrogen-bond donors (Lipinski definition) is 1. The highest BCUT2D eigenvalue weighted by molar-refractivity contribution is 9.10. The number of H-pyrrole nitrogens is 1. The Balaban J connectivity index is 2.22.